The van der Waals surface area contributed by atoms with Crippen molar-refractivity contribution in [2.75, 3.05) is 13.1 Å². The van der Waals surface area contributed by atoms with Crippen LogP contribution in [0.15, 0.2) is 53.6 Å². The molecule has 2 nitrogen and oxygen atoms in total. The maximum atomic E-state index is 4.68. The minimum Gasteiger partial charge on any atom is -0.368 e. The third-order valence-electron chi connectivity index (χ3n) is 2.70. The van der Waals surface area contributed by atoms with Crippen molar-refractivity contribution in [3.05, 3.63) is 48.6 Å². The van der Waals surface area contributed by atoms with Crippen molar-refractivity contribution in [2.45, 2.75) is 26.7 Å². The molecule has 0 aromatic heterocycles. The highest BCUT2D eigenvalue weighted by Gasteiger charge is 2.22. The minimum absolute atomic E-state index is 0.970. The van der Waals surface area contributed by atoms with E-state index in [2.05, 4.69) is 44.2 Å². The molecule has 0 aromatic rings. The molecule has 0 N–H and O–H groups in total. The van der Waals surface area contributed by atoms with E-state index in [-0.39, 0.29) is 0 Å². The second kappa shape index (κ2) is 7.75. The van der Waals surface area contributed by atoms with Crippen LogP contribution >= 0.6 is 0 Å². The predicted molar refractivity (Wildman–Crippen MR) is 81.9 cm³/mol. The van der Waals surface area contributed by atoms with Crippen LogP contribution in [0.2, 0.25) is 0 Å². The van der Waals surface area contributed by atoms with Gasteiger partial charge in [0.1, 0.15) is 0 Å². The molecule has 0 spiro atoms. The van der Waals surface area contributed by atoms with Crippen LogP contribution in [0.3, 0.4) is 0 Å². The molecule has 0 fully saturated rings. The Kier molecular flexibility index (Phi) is 6.27. The van der Waals surface area contributed by atoms with Crippen molar-refractivity contribution in [3.63, 3.8) is 0 Å². The molecular formula is C15H22BN2. The van der Waals surface area contributed by atoms with Crippen LogP contribution < -0.4 is 0 Å². The SMILES string of the molecule is C=C/C=C1/[B]C(N(CCC)CCC)=N/C1=C/C=C. The number of amidine groups is 1. The summed E-state index contributed by atoms with van der Waals surface area (Å²) >= 11 is 0. The number of aliphatic imine (C=N–C) groups is 1. The minimum atomic E-state index is 0.970. The quantitative estimate of drug-likeness (QED) is 0.651. The van der Waals surface area contributed by atoms with Crippen LogP contribution in [-0.2, 0) is 0 Å². The molecule has 0 aliphatic carbocycles. The van der Waals surface area contributed by atoms with Crippen LogP contribution in [0.5, 0.6) is 0 Å². The van der Waals surface area contributed by atoms with Gasteiger partial charge in [0.05, 0.1) is 11.4 Å². The maximum absolute atomic E-state index is 4.68. The lowest BCUT2D eigenvalue weighted by Crippen LogP contribution is -2.34. The number of hydrogen-bond acceptors (Lipinski definition) is 2. The largest absolute Gasteiger partial charge is 0.368 e. The first-order chi connectivity index (χ1) is 8.76. The van der Waals surface area contributed by atoms with E-state index in [9.17, 15) is 0 Å². The summed E-state index contributed by atoms with van der Waals surface area (Å²) < 4.78 is 0. The zero-order valence-electron chi connectivity index (χ0n) is 11.5. The van der Waals surface area contributed by atoms with Crippen LogP contribution in [0.4, 0.5) is 0 Å². The topological polar surface area (TPSA) is 15.6 Å². The maximum Gasteiger partial charge on any atom is 0.243 e. The van der Waals surface area contributed by atoms with E-state index >= 15 is 0 Å². The fourth-order valence-corrected chi connectivity index (χ4v) is 1.98. The zero-order chi connectivity index (χ0) is 13.4. The van der Waals surface area contributed by atoms with Gasteiger partial charge >= 0.3 is 0 Å². The second-order valence-corrected chi connectivity index (χ2v) is 4.25. The van der Waals surface area contributed by atoms with E-state index in [0.29, 0.717) is 0 Å². The van der Waals surface area contributed by atoms with Gasteiger partial charge in [0.15, 0.2) is 0 Å². The monoisotopic (exact) mass is 241 g/mol. The molecule has 0 aromatic carbocycles. The molecule has 1 aliphatic rings. The third-order valence-corrected chi connectivity index (χ3v) is 2.70. The number of hydrogen-bond donors (Lipinski definition) is 0. The number of nitrogens with zero attached hydrogens (tertiary/aromatic N) is 2. The molecule has 1 heterocycles. The fourth-order valence-electron chi connectivity index (χ4n) is 1.98. The predicted octanol–water partition coefficient (Wildman–Crippen LogP) is 3.32. The van der Waals surface area contributed by atoms with Crippen molar-refractivity contribution in [1.29, 1.82) is 0 Å². The molecule has 1 aliphatic heterocycles. The Morgan fingerprint density at radius 1 is 1.11 bits per heavy atom. The van der Waals surface area contributed by atoms with Crippen molar-refractivity contribution in [1.82, 2.24) is 4.90 Å². The van der Waals surface area contributed by atoms with Crippen LogP contribution in [0.1, 0.15) is 26.7 Å². The Balaban J connectivity index is 2.93. The Labute approximate surface area is 112 Å². The highest BCUT2D eigenvalue weighted by Crippen LogP contribution is 2.20. The lowest BCUT2D eigenvalue weighted by molar-refractivity contribution is 0.423. The summed E-state index contributed by atoms with van der Waals surface area (Å²) in [6.07, 6.45) is 9.76. The summed E-state index contributed by atoms with van der Waals surface area (Å²) in [5.74, 6) is 0. The van der Waals surface area contributed by atoms with Gasteiger partial charge in [-0.25, -0.2) is 4.99 Å². The van der Waals surface area contributed by atoms with Crippen molar-refractivity contribution < 1.29 is 0 Å². The summed E-state index contributed by atoms with van der Waals surface area (Å²) in [5.41, 5.74) is 3.13. The number of rotatable bonds is 6. The average molecular weight is 241 g/mol. The normalized spacial score (nSPS) is 18.7. The van der Waals surface area contributed by atoms with Crippen LogP contribution in [-0.4, -0.2) is 31.0 Å². The van der Waals surface area contributed by atoms with Crippen molar-refractivity contribution in [2.24, 2.45) is 4.99 Å². The van der Waals surface area contributed by atoms with E-state index in [1.807, 2.05) is 12.2 Å². The summed E-state index contributed by atoms with van der Waals surface area (Å²) in [4.78, 5) is 7.01. The van der Waals surface area contributed by atoms with E-state index in [1.54, 1.807) is 12.2 Å². The molecule has 18 heavy (non-hydrogen) atoms. The third kappa shape index (κ3) is 3.76. The highest BCUT2D eigenvalue weighted by atomic mass is 15.2. The lowest BCUT2D eigenvalue weighted by Gasteiger charge is -2.23. The summed E-state index contributed by atoms with van der Waals surface area (Å²) in [6, 6.07) is 0. The van der Waals surface area contributed by atoms with E-state index in [0.717, 1.165) is 42.8 Å². The summed E-state index contributed by atoms with van der Waals surface area (Å²) in [5, 5.41) is 0. The first-order valence-corrected chi connectivity index (χ1v) is 6.61. The van der Waals surface area contributed by atoms with Gasteiger partial charge in [-0.3, -0.25) is 0 Å². The second-order valence-electron chi connectivity index (χ2n) is 4.25. The Morgan fingerprint density at radius 2 is 1.72 bits per heavy atom. The van der Waals surface area contributed by atoms with Crippen LogP contribution in [0, 0.1) is 0 Å². The van der Waals surface area contributed by atoms with Crippen molar-refractivity contribution in [3.8, 4) is 0 Å². The van der Waals surface area contributed by atoms with Gasteiger partial charge in [-0.15, -0.1) is 0 Å². The molecule has 0 saturated heterocycles. The molecule has 0 amide bonds. The van der Waals surface area contributed by atoms with E-state index in [1.165, 1.54) is 0 Å². The average Bonchev–Trinajstić information content (AvgIpc) is 2.73. The summed E-state index contributed by atoms with van der Waals surface area (Å²) in [6.45, 7) is 14.0. The first kappa shape index (κ1) is 14.6. The molecule has 0 atom stereocenters. The van der Waals surface area contributed by atoms with Gasteiger partial charge in [0, 0.05) is 13.1 Å². The lowest BCUT2D eigenvalue weighted by atomic mass is 9.68. The van der Waals surface area contributed by atoms with Gasteiger partial charge < -0.3 is 4.90 Å². The number of allylic oxidation sites excluding steroid dienone is 5. The van der Waals surface area contributed by atoms with Gasteiger partial charge in [-0.05, 0) is 18.9 Å². The van der Waals surface area contributed by atoms with Gasteiger partial charge in [0.25, 0.3) is 0 Å². The van der Waals surface area contributed by atoms with Crippen molar-refractivity contribution >= 4 is 13.0 Å². The van der Waals surface area contributed by atoms with E-state index < -0.39 is 0 Å². The first-order valence-electron chi connectivity index (χ1n) is 6.61. The zero-order valence-corrected chi connectivity index (χ0v) is 11.5. The van der Waals surface area contributed by atoms with E-state index in [4.69, 9.17) is 0 Å². The highest BCUT2D eigenvalue weighted by molar-refractivity contribution is 6.82. The fraction of sp³-hybridized carbons (Fsp3) is 0.400. The molecule has 3 heteroatoms. The van der Waals surface area contributed by atoms with Gasteiger partial charge in [-0.2, -0.15) is 0 Å². The molecule has 1 rings (SSSR count). The Bertz CT molecular complexity index is 385. The standard InChI is InChI=1S/C15H22BN2/c1-5-9-13-14(10-6-2)17-15(16-13)18(11-7-3)12-8-4/h5-6,9-10H,1-2,7-8,11-12H2,3-4H3/b13-9+,14-10+. The van der Waals surface area contributed by atoms with Gasteiger partial charge in [-0.1, -0.05) is 50.7 Å². The molecule has 0 bridgehead atoms. The Morgan fingerprint density at radius 3 is 2.22 bits per heavy atom. The van der Waals surface area contributed by atoms with Crippen LogP contribution in [0.25, 0.3) is 0 Å². The molecule has 1 radical (unpaired) electrons. The smallest absolute Gasteiger partial charge is 0.243 e. The Hall–Kier alpha value is -1.51. The molecular weight excluding hydrogens is 219 g/mol. The summed E-state index contributed by atoms with van der Waals surface area (Å²) in [7, 11) is 2.13. The molecule has 95 valence electrons. The molecule has 0 saturated carbocycles. The molecule has 0 unspecified atom stereocenters. The van der Waals surface area contributed by atoms with Gasteiger partial charge in [0.2, 0.25) is 7.28 Å².